The molecule has 108 valence electrons. The van der Waals surface area contributed by atoms with E-state index in [1.54, 1.807) is 24.0 Å². The summed E-state index contributed by atoms with van der Waals surface area (Å²) in [5, 5.41) is 10.5. The number of aryl methyl sites for hydroxylation is 1. The topological polar surface area (TPSA) is 83.8 Å². The van der Waals surface area contributed by atoms with Crippen LogP contribution in [0.5, 0.6) is 0 Å². The van der Waals surface area contributed by atoms with Crippen LogP contribution in [0.15, 0.2) is 42.7 Å². The number of carbonyl (C=O) groups is 1. The summed E-state index contributed by atoms with van der Waals surface area (Å²) in [7, 11) is 1.76. The smallest absolute Gasteiger partial charge is 0.353 e. The minimum absolute atomic E-state index is 0.243. The number of hydrogen-bond donors (Lipinski definition) is 2. The maximum absolute atomic E-state index is 11.7. The number of aromatic nitrogens is 4. The third-order valence-electron chi connectivity index (χ3n) is 3.84. The van der Waals surface area contributed by atoms with Crippen LogP contribution in [0.1, 0.15) is 10.5 Å². The van der Waals surface area contributed by atoms with Crippen molar-refractivity contribution in [1.82, 2.24) is 19.5 Å². The van der Waals surface area contributed by atoms with E-state index >= 15 is 0 Å². The molecule has 1 aromatic carbocycles. The van der Waals surface area contributed by atoms with Gasteiger partial charge in [-0.3, -0.25) is 4.98 Å². The van der Waals surface area contributed by atoms with Crippen LogP contribution < -0.4 is 0 Å². The average Bonchev–Trinajstić information content (AvgIpc) is 3.06. The molecule has 0 radical (unpaired) electrons. The molecule has 0 saturated heterocycles. The van der Waals surface area contributed by atoms with Crippen molar-refractivity contribution in [3.8, 4) is 11.3 Å². The van der Waals surface area contributed by atoms with Crippen molar-refractivity contribution in [3.63, 3.8) is 0 Å². The van der Waals surface area contributed by atoms with Crippen molar-refractivity contribution in [1.29, 1.82) is 0 Å². The van der Waals surface area contributed by atoms with Crippen molar-refractivity contribution in [2.24, 2.45) is 7.05 Å². The molecule has 0 aliphatic carbocycles. The molecule has 0 aliphatic heterocycles. The van der Waals surface area contributed by atoms with Gasteiger partial charge >= 0.3 is 5.97 Å². The van der Waals surface area contributed by atoms with E-state index in [4.69, 9.17) is 0 Å². The average molecular weight is 292 g/mol. The molecule has 6 nitrogen and oxygen atoms in total. The first-order valence-corrected chi connectivity index (χ1v) is 6.77. The highest BCUT2D eigenvalue weighted by Gasteiger charge is 2.22. The van der Waals surface area contributed by atoms with Crippen LogP contribution in [-0.2, 0) is 7.05 Å². The van der Waals surface area contributed by atoms with Crippen LogP contribution in [0.4, 0.5) is 0 Å². The van der Waals surface area contributed by atoms with Gasteiger partial charge in [0, 0.05) is 35.9 Å². The number of nitrogens with zero attached hydrogens (tertiary/aromatic N) is 3. The molecule has 6 heteroatoms. The Kier molecular flexibility index (Phi) is 2.53. The van der Waals surface area contributed by atoms with E-state index in [0.717, 1.165) is 10.9 Å². The molecule has 0 aliphatic rings. The molecule has 0 atom stereocenters. The number of H-pyrrole nitrogens is 1. The van der Waals surface area contributed by atoms with Gasteiger partial charge in [0.1, 0.15) is 11.2 Å². The summed E-state index contributed by atoms with van der Waals surface area (Å²) in [6.45, 7) is 0. The fourth-order valence-corrected chi connectivity index (χ4v) is 2.90. The maximum atomic E-state index is 11.7. The molecule has 3 aromatic heterocycles. The summed E-state index contributed by atoms with van der Waals surface area (Å²) >= 11 is 0. The zero-order valence-corrected chi connectivity index (χ0v) is 11.7. The first kappa shape index (κ1) is 12.6. The van der Waals surface area contributed by atoms with Crippen molar-refractivity contribution >= 4 is 28.0 Å². The van der Waals surface area contributed by atoms with Gasteiger partial charge in [0.05, 0.1) is 5.69 Å². The predicted octanol–water partition coefficient (Wildman–Crippen LogP) is 2.81. The zero-order chi connectivity index (χ0) is 15.3. The van der Waals surface area contributed by atoms with Crippen LogP contribution in [0.3, 0.4) is 0 Å². The van der Waals surface area contributed by atoms with Gasteiger partial charge in [0.2, 0.25) is 0 Å². The Morgan fingerprint density at radius 1 is 1.23 bits per heavy atom. The van der Waals surface area contributed by atoms with Crippen LogP contribution in [0.2, 0.25) is 0 Å². The highest BCUT2D eigenvalue weighted by molar-refractivity contribution is 6.08. The Labute approximate surface area is 125 Å². The fraction of sp³-hybridized carbons (Fsp3) is 0.0625. The van der Waals surface area contributed by atoms with Crippen molar-refractivity contribution in [2.45, 2.75) is 0 Å². The Bertz CT molecular complexity index is 996. The number of aromatic carboxylic acids is 1. The van der Waals surface area contributed by atoms with Gasteiger partial charge in [-0.25, -0.2) is 9.78 Å². The molecule has 0 bridgehead atoms. The van der Waals surface area contributed by atoms with E-state index in [1.165, 1.54) is 0 Å². The number of carboxylic acids is 1. The first-order valence-electron chi connectivity index (χ1n) is 6.77. The van der Waals surface area contributed by atoms with Gasteiger partial charge < -0.3 is 14.7 Å². The molecule has 4 aromatic rings. The Balaban J connectivity index is 2.13. The second-order valence-corrected chi connectivity index (χ2v) is 5.08. The Morgan fingerprint density at radius 2 is 2.00 bits per heavy atom. The number of nitrogens with one attached hydrogen (secondary N) is 1. The van der Waals surface area contributed by atoms with Gasteiger partial charge in [-0.05, 0) is 12.1 Å². The van der Waals surface area contributed by atoms with Crippen LogP contribution in [-0.4, -0.2) is 30.6 Å². The fourth-order valence-electron chi connectivity index (χ4n) is 2.90. The lowest BCUT2D eigenvalue weighted by atomic mass is 10.1. The summed E-state index contributed by atoms with van der Waals surface area (Å²) in [5.74, 6) is -0.965. The highest BCUT2D eigenvalue weighted by Crippen LogP contribution is 2.34. The SMILES string of the molecule is Cn1c(C(=O)O)c(-c2cc3nccnc3[nH]2)c2ccccc21. The molecule has 2 N–H and O–H groups in total. The molecule has 0 saturated carbocycles. The van der Waals surface area contributed by atoms with E-state index < -0.39 is 5.97 Å². The van der Waals surface area contributed by atoms with E-state index in [2.05, 4.69) is 15.0 Å². The second-order valence-electron chi connectivity index (χ2n) is 5.08. The second kappa shape index (κ2) is 4.42. The van der Waals surface area contributed by atoms with E-state index in [9.17, 15) is 9.90 Å². The van der Waals surface area contributed by atoms with E-state index in [0.29, 0.717) is 22.4 Å². The number of rotatable bonds is 2. The standard InChI is InChI=1S/C16H12N4O2/c1-20-12-5-3-2-4-9(12)13(14(20)16(21)22)10-8-11-15(19-10)18-7-6-17-11/h2-8H,1H3,(H,18,19)(H,21,22). The van der Waals surface area contributed by atoms with E-state index in [-0.39, 0.29) is 5.69 Å². The minimum atomic E-state index is -0.965. The number of benzene rings is 1. The lowest BCUT2D eigenvalue weighted by Crippen LogP contribution is -2.05. The molecule has 0 unspecified atom stereocenters. The van der Waals surface area contributed by atoms with Crippen LogP contribution >= 0.6 is 0 Å². The lowest BCUT2D eigenvalue weighted by Gasteiger charge is -2.01. The monoisotopic (exact) mass is 292 g/mol. The number of hydrogen-bond acceptors (Lipinski definition) is 3. The van der Waals surface area contributed by atoms with E-state index in [1.807, 2.05) is 30.3 Å². The summed E-state index contributed by atoms with van der Waals surface area (Å²) in [6.07, 6.45) is 3.21. The molecule has 0 amide bonds. The predicted molar refractivity (Wildman–Crippen MR) is 82.8 cm³/mol. The number of para-hydroxylation sites is 1. The third-order valence-corrected chi connectivity index (χ3v) is 3.84. The van der Waals surface area contributed by atoms with Crippen molar-refractivity contribution in [3.05, 3.63) is 48.4 Å². The molecule has 22 heavy (non-hydrogen) atoms. The van der Waals surface area contributed by atoms with Gasteiger partial charge in [-0.15, -0.1) is 0 Å². The molecular weight excluding hydrogens is 280 g/mol. The van der Waals surface area contributed by atoms with Crippen molar-refractivity contribution in [2.75, 3.05) is 0 Å². The largest absolute Gasteiger partial charge is 0.477 e. The molecule has 0 spiro atoms. The van der Waals surface area contributed by atoms with Crippen molar-refractivity contribution < 1.29 is 9.90 Å². The molecule has 4 rings (SSSR count). The molecule has 3 heterocycles. The normalized spacial score (nSPS) is 11.3. The number of fused-ring (bicyclic) bond motifs is 2. The quantitative estimate of drug-likeness (QED) is 0.595. The minimum Gasteiger partial charge on any atom is -0.477 e. The zero-order valence-electron chi connectivity index (χ0n) is 11.7. The number of aromatic amines is 1. The summed E-state index contributed by atoms with van der Waals surface area (Å²) in [6, 6.07) is 9.45. The lowest BCUT2D eigenvalue weighted by molar-refractivity contribution is 0.0688. The molecular formula is C16H12N4O2. The Hall–Kier alpha value is -3.15. The molecule has 0 fully saturated rings. The third kappa shape index (κ3) is 1.64. The maximum Gasteiger partial charge on any atom is 0.353 e. The summed E-state index contributed by atoms with van der Waals surface area (Å²) in [4.78, 5) is 23.4. The summed E-state index contributed by atoms with van der Waals surface area (Å²) in [5.41, 5.74) is 3.83. The van der Waals surface area contributed by atoms with Gasteiger partial charge in [-0.1, -0.05) is 18.2 Å². The Morgan fingerprint density at radius 3 is 2.77 bits per heavy atom. The van der Waals surface area contributed by atoms with Gasteiger partial charge in [-0.2, -0.15) is 0 Å². The summed E-state index contributed by atoms with van der Waals surface area (Å²) < 4.78 is 1.69. The highest BCUT2D eigenvalue weighted by atomic mass is 16.4. The first-order chi connectivity index (χ1) is 10.7. The van der Waals surface area contributed by atoms with Crippen LogP contribution in [0.25, 0.3) is 33.3 Å². The van der Waals surface area contributed by atoms with Crippen LogP contribution in [0, 0.1) is 0 Å². The van der Waals surface area contributed by atoms with Gasteiger partial charge in [0.25, 0.3) is 0 Å². The number of carboxylic acid groups (broad SMARTS) is 1. The van der Waals surface area contributed by atoms with Gasteiger partial charge in [0.15, 0.2) is 5.65 Å².